The van der Waals surface area contributed by atoms with Crippen molar-refractivity contribution in [3.63, 3.8) is 0 Å². The van der Waals surface area contributed by atoms with E-state index in [1.165, 1.54) is 0 Å². The lowest BCUT2D eigenvalue weighted by Gasteiger charge is -2.32. The number of rotatable bonds is 8. The Morgan fingerprint density at radius 2 is 1.67 bits per heavy atom. The Labute approximate surface area is 256 Å². The van der Waals surface area contributed by atoms with Gasteiger partial charge in [-0.3, -0.25) is 5.32 Å². The van der Waals surface area contributed by atoms with Crippen molar-refractivity contribution in [1.29, 1.82) is 0 Å². The van der Waals surface area contributed by atoms with E-state index in [9.17, 15) is 18.0 Å². The molecular weight excluding hydrogens is 604 g/mol. The van der Waals surface area contributed by atoms with E-state index >= 15 is 0 Å². The first-order chi connectivity index (χ1) is 20.6. The third-order valence-electron chi connectivity index (χ3n) is 7.03. The Balaban J connectivity index is 1.35. The summed E-state index contributed by atoms with van der Waals surface area (Å²) in [7, 11) is 2.13. The van der Waals surface area contributed by atoms with Crippen LogP contribution < -0.4 is 16.0 Å². The molecule has 3 N–H and O–H groups in total. The minimum absolute atomic E-state index is 0.103. The lowest BCUT2D eigenvalue weighted by molar-refractivity contribution is -0.137. The third kappa shape index (κ3) is 7.82. The SMILES string of the molecule is CN1CCN(CCCNc2ncc3cc(-c4c(Cl)cccc4Cl)c(NC(=O)Nc4ccc(C(F)(F)F)cc4)nc3n2)CC1. The van der Waals surface area contributed by atoms with Crippen molar-refractivity contribution in [3.05, 3.63) is 70.3 Å². The van der Waals surface area contributed by atoms with E-state index < -0.39 is 17.8 Å². The molecule has 2 aromatic heterocycles. The van der Waals surface area contributed by atoms with Crippen LogP contribution in [-0.2, 0) is 6.18 Å². The van der Waals surface area contributed by atoms with Crippen molar-refractivity contribution < 1.29 is 18.0 Å². The van der Waals surface area contributed by atoms with E-state index in [0.717, 1.165) is 63.4 Å². The number of nitrogens with zero attached hydrogens (tertiary/aromatic N) is 5. The lowest BCUT2D eigenvalue weighted by Crippen LogP contribution is -2.44. The van der Waals surface area contributed by atoms with Crippen LogP contribution in [0.15, 0.2) is 54.7 Å². The van der Waals surface area contributed by atoms with Gasteiger partial charge in [0.25, 0.3) is 0 Å². The molecule has 3 heterocycles. The van der Waals surface area contributed by atoms with Gasteiger partial charge in [-0.1, -0.05) is 29.3 Å². The molecular formula is C29H29Cl2F3N8O. The van der Waals surface area contributed by atoms with Crippen molar-refractivity contribution in [1.82, 2.24) is 24.8 Å². The topological polar surface area (TPSA) is 98.3 Å². The zero-order chi connectivity index (χ0) is 30.6. The van der Waals surface area contributed by atoms with E-state index in [4.69, 9.17) is 23.2 Å². The molecule has 9 nitrogen and oxygen atoms in total. The molecule has 0 saturated carbocycles. The summed E-state index contributed by atoms with van der Waals surface area (Å²) < 4.78 is 38.8. The van der Waals surface area contributed by atoms with E-state index in [2.05, 4.69) is 47.7 Å². The first-order valence-corrected chi connectivity index (χ1v) is 14.3. The Hall–Kier alpha value is -3.71. The molecule has 2 amide bonds. The summed E-state index contributed by atoms with van der Waals surface area (Å²) in [6.07, 6.45) is -1.95. The smallest absolute Gasteiger partial charge is 0.354 e. The van der Waals surface area contributed by atoms with Crippen LogP contribution in [0.2, 0.25) is 10.0 Å². The van der Waals surface area contributed by atoms with Gasteiger partial charge in [-0.2, -0.15) is 18.2 Å². The minimum atomic E-state index is -4.49. The molecule has 1 fully saturated rings. The Morgan fingerprint density at radius 3 is 2.35 bits per heavy atom. The number of alkyl halides is 3. The maximum Gasteiger partial charge on any atom is 0.416 e. The summed E-state index contributed by atoms with van der Waals surface area (Å²) >= 11 is 13.0. The van der Waals surface area contributed by atoms with E-state index in [1.807, 2.05) is 0 Å². The first kappa shape index (κ1) is 30.7. The monoisotopic (exact) mass is 632 g/mol. The largest absolute Gasteiger partial charge is 0.416 e. The molecule has 1 aliphatic rings. The van der Waals surface area contributed by atoms with Crippen molar-refractivity contribution in [3.8, 4) is 11.1 Å². The standard InChI is InChI=1S/C29H29Cl2F3N8O/c1-41-12-14-42(15-13-41)11-3-10-35-27-36-17-18-16-21(24-22(30)4-2-5-23(24)31)26(38-25(18)39-27)40-28(43)37-20-8-6-19(7-9-20)29(32,33)34/h2,4-9,16-17H,3,10-15H2,1H3,(H3,35,36,37,38,39,40,43). The van der Waals surface area contributed by atoms with Crippen molar-refractivity contribution >= 4 is 57.7 Å². The second-order valence-corrected chi connectivity index (χ2v) is 11.0. The normalized spacial score (nSPS) is 14.6. The molecule has 14 heteroatoms. The molecule has 43 heavy (non-hydrogen) atoms. The number of piperazine rings is 1. The van der Waals surface area contributed by atoms with Gasteiger partial charge >= 0.3 is 12.2 Å². The number of aromatic nitrogens is 3. The second kappa shape index (κ2) is 13.3. The number of fused-ring (bicyclic) bond motifs is 1. The maximum atomic E-state index is 12.9. The number of benzene rings is 2. The van der Waals surface area contributed by atoms with Crippen LogP contribution in [-0.4, -0.2) is 77.1 Å². The summed E-state index contributed by atoms with van der Waals surface area (Å²) in [6, 6.07) is 10.1. The van der Waals surface area contributed by atoms with Crippen LogP contribution in [0.5, 0.6) is 0 Å². The van der Waals surface area contributed by atoms with Crippen molar-refractivity contribution in [2.45, 2.75) is 12.6 Å². The Kier molecular flexibility index (Phi) is 9.50. The van der Waals surface area contributed by atoms with Gasteiger partial charge in [0, 0.05) is 61.1 Å². The summed E-state index contributed by atoms with van der Waals surface area (Å²) in [5.74, 6) is 0.494. The molecule has 1 aliphatic heterocycles. The number of likely N-dealkylation sites (N-methyl/N-ethyl adjacent to an activating group) is 1. The van der Waals surface area contributed by atoms with Gasteiger partial charge in [0.2, 0.25) is 5.95 Å². The predicted molar refractivity (Wildman–Crippen MR) is 164 cm³/mol. The van der Waals surface area contributed by atoms with Crippen molar-refractivity contribution in [2.75, 3.05) is 62.3 Å². The van der Waals surface area contributed by atoms with Gasteiger partial charge in [-0.25, -0.2) is 14.8 Å². The average Bonchev–Trinajstić information content (AvgIpc) is 2.96. The molecule has 0 aliphatic carbocycles. The highest BCUT2D eigenvalue weighted by atomic mass is 35.5. The number of pyridine rings is 1. The van der Waals surface area contributed by atoms with Gasteiger partial charge in [0.05, 0.1) is 15.6 Å². The molecule has 0 bridgehead atoms. The molecule has 4 aromatic rings. The molecule has 0 atom stereocenters. The summed E-state index contributed by atoms with van der Waals surface area (Å²) in [5.41, 5.74) is 0.509. The van der Waals surface area contributed by atoms with E-state index in [0.29, 0.717) is 44.7 Å². The molecule has 2 aromatic carbocycles. The fourth-order valence-corrected chi connectivity index (χ4v) is 5.28. The van der Waals surface area contributed by atoms with Gasteiger partial charge < -0.3 is 20.4 Å². The third-order valence-corrected chi connectivity index (χ3v) is 7.66. The molecule has 0 radical (unpaired) electrons. The average molecular weight is 634 g/mol. The number of nitrogens with one attached hydrogen (secondary N) is 3. The lowest BCUT2D eigenvalue weighted by atomic mass is 10.0. The number of urea groups is 1. The Morgan fingerprint density at radius 1 is 0.977 bits per heavy atom. The zero-order valence-electron chi connectivity index (χ0n) is 23.2. The molecule has 1 saturated heterocycles. The van der Waals surface area contributed by atoms with Gasteiger partial charge in [0.15, 0.2) is 5.65 Å². The Bertz CT molecular complexity index is 1580. The van der Waals surface area contributed by atoms with Crippen LogP contribution in [0, 0.1) is 0 Å². The number of hydrogen-bond acceptors (Lipinski definition) is 7. The fraction of sp³-hybridized carbons (Fsp3) is 0.310. The molecule has 0 unspecified atom stereocenters. The number of anilines is 3. The molecule has 5 rings (SSSR count). The quantitative estimate of drug-likeness (QED) is 0.186. The van der Waals surface area contributed by atoms with Crippen LogP contribution >= 0.6 is 23.2 Å². The summed E-state index contributed by atoms with van der Waals surface area (Å²) in [5, 5.41) is 9.68. The number of carbonyl (C=O) groups is 1. The number of halogens is 5. The van der Waals surface area contributed by atoms with Crippen molar-refractivity contribution in [2.24, 2.45) is 0 Å². The highest BCUT2D eigenvalue weighted by Crippen LogP contribution is 2.39. The van der Waals surface area contributed by atoms with E-state index in [1.54, 1.807) is 30.5 Å². The number of amides is 2. The van der Waals surface area contributed by atoms with Gasteiger partial charge in [-0.15, -0.1) is 0 Å². The number of hydrogen-bond donors (Lipinski definition) is 3. The van der Waals surface area contributed by atoms with Crippen LogP contribution in [0.3, 0.4) is 0 Å². The highest BCUT2D eigenvalue weighted by Gasteiger charge is 2.30. The highest BCUT2D eigenvalue weighted by molar-refractivity contribution is 6.39. The van der Waals surface area contributed by atoms with Crippen LogP contribution in [0.1, 0.15) is 12.0 Å². The van der Waals surface area contributed by atoms with Gasteiger partial charge in [0.1, 0.15) is 5.82 Å². The summed E-state index contributed by atoms with van der Waals surface area (Å²) in [4.78, 5) is 31.2. The molecule has 0 spiro atoms. The number of carbonyl (C=O) groups excluding carboxylic acids is 1. The van der Waals surface area contributed by atoms with Gasteiger partial charge in [-0.05, 0) is 62.5 Å². The van der Waals surface area contributed by atoms with Crippen LogP contribution in [0.4, 0.5) is 35.4 Å². The fourth-order valence-electron chi connectivity index (χ4n) is 4.68. The maximum absolute atomic E-state index is 12.9. The van der Waals surface area contributed by atoms with Crippen LogP contribution in [0.25, 0.3) is 22.2 Å². The minimum Gasteiger partial charge on any atom is -0.354 e. The zero-order valence-corrected chi connectivity index (χ0v) is 24.7. The first-order valence-electron chi connectivity index (χ1n) is 13.6. The second-order valence-electron chi connectivity index (χ2n) is 10.2. The van der Waals surface area contributed by atoms with E-state index in [-0.39, 0.29) is 11.5 Å². The summed E-state index contributed by atoms with van der Waals surface area (Å²) in [6.45, 7) is 5.86. The predicted octanol–water partition coefficient (Wildman–Crippen LogP) is 6.71. The molecule has 226 valence electrons.